The summed E-state index contributed by atoms with van der Waals surface area (Å²) in [5.74, 6) is -0.152. The number of rotatable bonds is 4. The number of carbonyl (C=O) groups is 1. The molecule has 0 spiro atoms. The van der Waals surface area contributed by atoms with Gasteiger partial charge in [-0.05, 0) is 44.0 Å². The summed E-state index contributed by atoms with van der Waals surface area (Å²) < 4.78 is 6.86. The van der Waals surface area contributed by atoms with Crippen LogP contribution in [0.2, 0.25) is 0 Å². The Balaban J connectivity index is 1.92. The standard InChI is InChI=1S/C18H16N4O4/c1-11-6-4-5-7-16(11)26-18(23)17-13(3)21(20-19-17)15-9-8-14(22(24)25)10-12(15)2/h4-10H,1-3H3. The lowest BCUT2D eigenvalue weighted by Gasteiger charge is -2.08. The van der Waals surface area contributed by atoms with Crippen molar-refractivity contribution in [3.63, 3.8) is 0 Å². The van der Waals surface area contributed by atoms with Crippen molar-refractivity contribution in [3.05, 3.63) is 75.1 Å². The average Bonchev–Trinajstić information content (AvgIpc) is 2.98. The number of carbonyl (C=O) groups excluding carboxylic acids is 1. The fraction of sp³-hybridized carbons (Fsp3) is 0.167. The molecule has 0 aliphatic carbocycles. The number of aromatic nitrogens is 3. The molecule has 0 N–H and O–H groups in total. The van der Waals surface area contributed by atoms with Gasteiger partial charge in [-0.15, -0.1) is 5.10 Å². The zero-order chi connectivity index (χ0) is 18.8. The molecule has 1 aromatic heterocycles. The number of aryl methyl sites for hydroxylation is 2. The Hall–Kier alpha value is -3.55. The Morgan fingerprint density at radius 1 is 1.12 bits per heavy atom. The van der Waals surface area contributed by atoms with Crippen molar-refractivity contribution in [2.24, 2.45) is 0 Å². The van der Waals surface area contributed by atoms with Crippen LogP contribution in [-0.2, 0) is 0 Å². The lowest BCUT2D eigenvalue weighted by atomic mass is 10.1. The Kier molecular flexibility index (Phi) is 4.49. The van der Waals surface area contributed by atoms with Crippen LogP contribution in [0.5, 0.6) is 5.75 Å². The van der Waals surface area contributed by atoms with Gasteiger partial charge in [0, 0.05) is 12.1 Å². The van der Waals surface area contributed by atoms with Gasteiger partial charge in [0.15, 0.2) is 5.69 Å². The second-order valence-electron chi connectivity index (χ2n) is 5.82. The van der Waals surface area contributed by atoms with Gasteiger partial charge in [-0.3, -0.25) is 10.1 Å². The molecule has 0 unspecified atom stereocenters. The van der Waals surface area contributed by atoms with E-state index in [1.807, 2.05) is 19.1 Å². The quantitative estimate of drug-likeness (QED) is 0.309. The third-order valence-corrected chi connectivity index (χ3v) is 4.00. The second-order valence-corrected chi connectivity index (χ2v) is 5.82. The highest BCUT2D eigenvalue weighted by Gasteiger charge is 2.21. The molecule has 0 bridgehead atoms. The minimum Gasteiger partial charge on any atom is -0.421 e. The van der Waals surface area contributed by atoms with Crippen molar-refractivity contribution in [2.45, 2.75) is 20.8 Å². The molecule has 3 rings (SSSR count). The molecule has 0 aliphatic heterocycles. The first-order chi connectivity index (χ1) is 12.4. The predicted octanol–water partition coefficient (Wildman–Crippen LogP) is 3.32. The molecular formula is C18H16N4O4. The highest BCUT2D eigenvalue weighted by atomic mass is 16.6. The summed E-state index contributed by atoms with van der Waals surface area (Å²) in [6.45, 7) is 5.26. The molecule has 132 valence electrons. The van der Waals surface area contributed by atoms with Crippen LogP contribution in [-0.4, -0.2) is 25.9 Å². The molecule has 0 atom stereocenters. The Morgan fingerprint density at radius 2 is 1.85 bits per heavy atom. The van der Waals surface area contributed by atoms with Crippen LogP contribution in [0.3, 0.4) is 0 Å². The number of benzene rings is 2. The zero-order valence-corrected chi connectivity index (χ0v) is 14.5. The summed E-state index contributed by atoms with van der Waals surface area (Å²) in [4.78, 5) is 22.8. The van der Waals surface area contributed by atoms with Crippen molar-refractivity contribution in [1.29, 1.82) is 0 Å². The fourth-order valence-electron chi connectivity index (χ4n) is 2.56. The van der Waals surface area contributed by atoms with Gasteiger partial charge in [0.05, 0.1) is 16.3 Å². The maximum absolute atomic E-state index is 12.4. The number of nitrogens with zero attached hydrogens (tertiary/aromatic N) is 4. The lowest BCUT2D eigenvalue weighted by molar-refractivity contribution is -0.384. The number of nitro benzene ring substituents is 1. The predicted molar refractivity (Wildman–Crippen MR) is 93.6 cm³/mol. The highest BCUT2D eigenvalue weighted by molar-refractivity contribution is 5.90. The van der Waals surface area contributed by atoms with Gasteiger partial charge in [0.25, 0.3) is 5.69 Å². The number of para-hydroxylation sites is 1. The van der Waals surface area contributed by atoms with E-state index in [4.69, 9.17) is 4.74 Å². The second kappa shape index (κ2) is 6.75. The van der Waals surface area contributed by atoms with E-state index in [0.29, 0.717) is 22.7 Å². The summed E-state index contributed by atoms with van der Waals surface area (Å²) in [6.07, 6.45) is 0. The normalized spacial score (nSPS) is 10.6. The van der Waals surface area contributed by atoms with Crippen LogP contribution < -0.4 is 4.74 Å². The van der Waals surface area contributed by atoms with Gasteiger partial charge in [-0.25, -0.2) is 9.48 Å². The number of nitro groups is 1. The SMILES string of the molecule is Cc1ccccc1OC(=O)c1nnn(-c2ccc([N+](=O)[O-])cc2C)c1C. The van der Waals surface area contributed by atoms with Crippen LogP contribution in [0.4, 0.5) is 5.69 Å². The van der Waals surface area contributed by atoms with Crippen molar-refractivity contribution in [3.8, 4) is 11.4 Å². The van der Waals surface area contributed by atoms with Crippen molar-refractivity contribution in [2.75, 3.05) is 0 Å². The Morgan fingerprint density at radius 3 is 2.50 bits per heavy atom. The van der Waals surface area contributed by atoms with E-state index >= 15 is 0 Å². The van der Waals surface area contributed by atoms with Crippen molar-refractivity contribution in [1.82, 2.24) is 15.0 Å². The number of hydrogen-bond acceptors (Lipinski definition) is 6. The summed E-state index contributed by atoms with van der Waals surface area (Å²) >= 11 is 0. The molecule has 0 aliphatic rings. The van der Waals surface area contributed by atoms with Crippen LogP contribution in [0.15, 0.2) is 42.5 Å². The smallest absolute Gasteiger partial charge is 0.366 e. The molecule has 0 radical (unpaired) electrons. The van der Waals surface area contributed by atoms with Crippen LogP contribution in [0, 0.1) is 30.9 Å². The van der Waals surface area contributed by atoms with Crippen molar-refractivity contribution < 1.29 is 14.5 Å². The molecule has 26 heavy (non-hydrogen) atoms. The van der Waals surface area contributed by atoms with Gasteiger partial charge in [-0.2, -0.15) is 0 Å². The minimum atomic E-state index is -0.609. The summed E-state index contributed by atoms with van der Waals surface area (Å²) in [5, 5.41) is 18.8. The Bertz CT molecular complexity index is 1010. The van der Waals surface area contributed by atoms with Gasteiger partial charge in [0.1, 0.15) is 5.75 Å². The van der Waals surface area contributed by atoms with E-state index in [9.17, 15) is 14.9 Å². The Labute approximate surface area is 149 Å². The van der Waals surface area contributed by atoms with E-state index in [2.05, 4.69) is 10.3 Å². The van der Waals surface area contributed by atoms with E-state index in [-0.39, 0.29) is 11.4 Å². The van der Waals surface area contributed by atoms with E-state index < -0.39 is 10.9 Å². The molecule has 0 amide bonds. The van der Waals surface area contributed by atoms with E-state index in [1.165, 1.54) is 16.8 Å². The van der Waals surface area contributed by atoms with Crippen LogP contribution in [0.1, 0.15) is 27.3 Å². The summed E-state index contributed by atoms with van der Waals surface area (Å²) in [5.41, 5.74) is 2.65. The topological polar surface area (TPSA) is 100 Å². The van der Waals surface area contributed by atoms with E-state index in [0.717, 1.165) is 5.56 Å². The third kappa shape index (κ3) is 3.16. The maximum atomic E-state index is 12.4. The minimum absolute atomic E-state index is 0.0109. The lowest BCUT2D eigenvalue weighted by Crippen LogP contribution is -2.12. The number of non-ortho nitro benzene ring substituents is 1. The molecule has 3 aromatic rings. The summed E-state index contributed by atoms with van der Waals surface area (Å²) in [7, 11) is 0. The number of hydrogen-bond donors (Lipinski definition) is 0. The van der Waals surface area contributed by atoms with Crippen LogP contribution >= 0.6 is 0 Å². The number of esters is 1. The first-order valence-electron chi connectivity index (χ1n) is 7.84. The van der Waals surface area contributed by atoms with Crippen molar-refractivity contribution >= 4 is 11.7 Å². The van der Waals surface area contributed by atoms with Gasteiger partial charge in [0.2, 0.25) is 0 Å². The largest absolute Gasteiger partial charge is 0.421 e. The average molecular weight is 352 g/mol. The molecule has 2 aromatic carbocycles. The van der Waals surface area contributed by atoms with Gasteiger partial charge in [-0.1, -0.05) is 23.4 Å². The molecular weight excluding hydrogens is 336 g/mol. The molecule has 1 heterocycles. The molecule has 0 saturated carbocycles. The highest BCUT2D eigenvalue weighted by Crippen LogP contribution is 2.23. The monoisotopic (exact) mass is 352 g/mol. The van der Waals surface area contributed by atoms with Crippen LogP contribution in [0.25, 0.3) is 5.69 Å². The maximum Gasteiger partial charge on any atom is 0.366 e. The zero-order valence-electron chi connectivity index (χ0n) is 14.5. The molecule has 0 fully saturated rings. The van der Waals surface area contributed by atoms with E-state index in [1.54, 1.807) is 32.0 Å². The first kappa shape index (κ1) is 17.3. The first-order valence-corrected chi connectivity index (χ1v) is 7.84. The summed E-state index contributed by atoms with van der Waals surface area (Å²) in [6, 6.07) is 11.6. The fourth-order valence-corrected chi connectivity index (χ4v) is 2.56. The molecule has 8 heteroatoms. The number of ether oxygens (including phenoxy) is 1. The van der Waals surface area contributed by atoms with Gasteiger partial charge < -0.3 is 4.74 Å². The van der Waals surface area contributed by atoms with Gasteiger partial charge >= 0.3 is 5.97 Å². The molecule has 0 saturated heterocycles. The third-order valence-electron chi connectivity index (χ3n) is 4.00. The molecule has 8 nitrogen and oxygen atoms in total.